The molecule has 0 bridgehead atoms. The van der Waals surface area contributed by atoms with E-state index in [-0.39, 0.29) is 0 Å². The lowest BCUT2D eigenvalue weighted by atomic mass is 10.00. The molecule has 1 aromatic heterocycles. The molecule has 6 heteroatoms. The normalized spacial score (nSPS) is 16.4. The number of hydrogen-bond acceptors (Lipinski definition) is 5. The van der Waals surface area contributed by atoms with Crippen LogP contribution in [0.1, 0.15) is 19.8 Å². The van der Waals surface area contributed by atoms with Crippen molar-refractivity contribution in [2.24, 2.45) is 5.92 Å². The highest BCUT2D eigenvalue weighted by Crippen LogP contribution is 2.29. The Morgan fingerprint density at radius 1 is 1.42 bits per heavy atom. The predicted molar refractivity (Wildman–Crippen MR) is 80.7 cm³/mol. The maximum absolute atomic E-state index is 5.40. The van der Waals surface area contributed by atoms with Gasteiger partial charge in [-0.05, 0) is 41.6 Å². The molecule has 1 aromatic rings. The quantitative estimate of drug-likeness (QED) is 0.900. The van der Waals surface area contributed by atoms with E-state index in [0.717, 1.165) is 55.3 Å². The van der Waals surface area contributed by atoms with E-state index in [1.165, 1.54) is 0 Å². The first-order valence-electron chi connectivity index (χ1n) is 6.75. The van der Waals surface area contributed by atoms with Crippen molar-refractivity contribution in [3.05, 3.63) is 10.8 Å². The maximum atomic E-state index is 5.40. The average Bonchev–Trinajstić information content (AvgIpc) is 2.42. The Morgan fingerprint density at radius 2 is 2.16 bits per heavy atom. The fourth-order valence-electron chi connectivity index (χ4n) is 2.32. The molecule has 1 fully saturated rings. The molecule has 19 heavy (non-hydrogen) atoms. The minimum Gasteiger partial charge on any atom is -0.381 e. The fraction of sp³-hybridized carbons (Fsp3) is 0.692. The highest BCUT2D eigenvalue weighted by molar-refractivity contribution is 9.10. The van der Waals surface area contributed by atoms with E-state index >= 15 is 0 Å². The Labute approximate surface area is 122 Å². The van der Waals surface area contributed by atoms with E-state index in [0.29, 0.717) is 5.92 Å². The summed E-state index contributed by atoms with van der Waals surface area (Å²) in [6, 6.07) is 0. The summed E-state index contributed by atoms with van der Waals surface area (Å²) < 4.78 is 6.33. The standard InChI is InChI=1S/C13H21BrN4O/c1-3-15-12-11(14)13(17-9-16-12)18(2)8-10-4-6-19-7-5-10/h9-10H,3-8H2,1-2H3,(H,15,16,17). The molecule has 1 N–H and O–H groups in total. The fourth-order valence-corrected chi connectivity index (χ4v) is 2.97. The molecule has 0 unspecified atom stereocenters. The molecule has 0 amide bonds. The molecule has 2 heterocycles. The minimum absolute atomic E-state index is 0.684. The van der Waals surface area contributed by atoms with Gasteiger partial charge < -0.3 is 15.0 Å². The lowest BCUT2D eigenvalue weighted by Crippen LogP contribution is -2.30. The van der Waals surface area contributed by atoms with Crippen molar-refractivity contribution in [3.63, 3.8) is 0 Å². The van der Waals surface area contributed by atoms with Gasteiger partial charge in [0.25, 0.3) is 0 Å². The van der Waals surface area contributed by atoms with Crippen LogP contribution in [0.25, 0.3) is 0 Å². The van der Waals surface area contributed by atoms with Crippen molar-refractivity contribution in [3.8, 4) is 0 Å². The number of nitrogens with one attached hydrogen (secondary N) is 1. The van der Waals surface area contributed by atoms with Gasteiger partial charge in [0.05, 0.1) is 0 Å². The Hall–Kier alpha value is -0.880. The van der Waals surface area contributed by atoms with Gasteiger partial charge in [-0.2, -0.15) is 0 Å². The molecule has 0 atom stereocenters. The van der Waals surface area contributed by atoms with E-state index in [1.807, 2.05) is 0 Å². The monoisotopic (exact) mass is 328 g/mol. The van der Waals surface area contributed by atoms with Crippen LogP contribution in [0.3, 0.4) is 0 Å². The SMILES string of the molecule is CCNc1ncnc(N(C)CC2CCOCC2)c1Br. The summed E-state index contributed by atoms with van der Waals surface area (Å²) in [6.45, 7) is 5.67. The van der Waals surface area contributed by atoms with Crippen LogP contribution in [0, 0.1) is 5.92 Å². The number of hydrogen-bond donors (Lipinski definition) is 1. The van der Waals surface area contributed by atoms with Crippen molar-refractivity contribution >= 4 is 27.6 Å². The highest BCUT2D eigenvalue weighted by atomic mass is 79.9. The number of rotatable bonds is 5. The van der Waals surface area contributed by atoms with Crippen LogP contribution < -0.4 is 10.2 Å². The number of aromatic nitrogens is 2. The van der Waals surface area contributed by atoms with Crippen LogP contribution in [0.15, 0.2) is 10.8 Å². The molecular weight excluding hydrogens is 308 g/mol. The summed E-state index contributed by atoms with van der Waals surface area (Å²) in [4.78, 5) is 10.8. The third-order valence-electron chi connectivity index (χ3n) is 3.35. The average molecular weight is 329 g/mol. The lowest BCUT2D eigenvalue weighted by molar-refractivity contribution is 0.0685. The van der Waals surface area contributed by atoms with E-state index in [4.69, 9.17) is 4.74 Å². The lowest BCUT2D eigenvalue weighted by Gasteiger charge is -2.28. The van der Waals surface area contributed by atoms with Crippen molar-refractivity contribution in [1.82, 2.24) is 9.97 Å². The van der Waals surface area contributed by atoms with Crippen LogP contribution in [-0.4, -0.2) is 43.3 Å². The molecule has 106 valence electrons. The topological polar surface area (TPSA) is 50.3 Å². The molecule has 0 radical (unpaired) electrons. The Bertz CT molecular complexity index is 410. The van der Waals surface area contributed by atoms with Gasteiger partial charge >= 0.3 is 0 Å². The number of ether oxygens (including phenoxy) is 1. The van der Waals surface area contributed by atoms with Gasteiger partial charge in [-0.15, -0.1) is 0 Å². The first kappa shape index (κ1) is 14.5. The molecule has 1 saturated heterocycles. The molecule has 1 aliphatic rings. The van der Waals surface area contributed by atoms with Gasteiger partial charge in [0, 0.05) is 33.4 Å². The molecular formula is C13H21BrN4O. The largest absolute Gasteiger partial charge is 0.381 e. The van der Waals surface area contributed by atoms with Crippen LogP contribution in [-0.2, 0) is 4.74 Å². The smallest absolute Gasteiger partial charge is 0.148 e. The van der Waals surface area contributed by atoms with Crippen LogP contribution in [0.4, 0.5) is 11.6 Å². The zero-order valence-electron chi connectivity index (χ0n) is 11.5. The van der Waals surface area contributed by atoms with E-state index < -0.39 is 0 Å². The zero-order valence-corrected chi connectivity index (χ0v) is 13.1. The van der Waals surface area contributed by atoms with Gasteiger partial charge in [-0.25, -0.2) is 9.97 Å². The predicted octanol–water partition coefficient (Wildman–Crippen LogP) is 2.53. The summed E-state index contributed by atoms with van der Waals surface area (Å²) >= 11 is 3.59. The van der Waals surface area contributed by atoms with Gasteiger partial charge in [-0.3, -0.25) is 0 Å². The van der Waals surface area contributed by atoms with Crippen molar-refractivity contribution in [2.75, 3.05) is 43.6 Å². The first-order valence-corrected chi connectivity index (χ1v) is 7.55. The van der Waals surface area contributed by atoms with Crippen LogP contribution in [0.2, 0.25) is 0 Å². The number of anilines is 2. The third-order valence-corrected chi connectivity index (χ3v) is 4.08. The number of halogens is 1. The van der Waals surface area contributed by atoms with Crippen LogP contribution in [0.5, 0.6) is 0 Å². The molecule has 0 aromatic carbocycles. The number of nitrogens with zero attached hydrogens (tertiary/aromatic N) is 3. The van der Waals surface area contributed by atoms with Gasteiger partial charge in [-0.1, -0.05) is 0 Å². The van der Waals surface area contributed by atoms with Crippen molar-refractivity contribution < 1.29 is 4.74 Å². The van der Waals surface area contributed by atoms with E-state index in [9.17, 15) is 0 Å². The molecule has 0 aliphatic carbocycles. The summed E-state index contributed by atoms with van der Waals surface area (Å²) in [5, 5.41) is 3.23. The second-order valence-corrected chi connectivity index (χ2v) is 5.62. The minimum atomic E-state index is 0.684. The Morgan fingerprint density at radius 3 is 2.84 bits per heavy atom. The van der Waals surface area contributed by atoms with Gasteiger partial charge in [0.2, 0.25) is 0 Å². The van der Waals surface area contributed by atoms with E-state index in [1.54, 1.807) is 6.33 Å². The van der Waals surface area contributed by atoms with Crippen molar-refractivity contribution in [1.29, 1.82) is 0 Å². The molecule has 0 spiro atoms. The summed E-state index contributed by atoms with van der Waals surface area (Å²) in [7, 11) is 2.08. The first-order chi connectivity index (χ1) is 9.22. The van der Waals surface area contributed by atoms with Crippen molar-refractivity contribution in [2.45, 2.75) is 19.8 Å². The third kappa shape index (κ3) is 3.79. The molecule has 5 nitrogen and oxygen atoms in total. The molecule has 0 saturated carbocycles. The maximum Gasteiger partial charge on any atom is 0.148 e. The second-order valence-electron chi connectivity index (χ2n) is 4.83. The summed E-state index contributed by atoms with van der Waals surface area (Å²) in [5.41, 5.74) is 0. The summed E-state index contributed by atoms with van der Waals surface area (Å²) in [5.74, 6) is 2.48. The van der Waals surface area contributed by atoms with E-state index in [2.05, 4.69) is 50.1 Å². The molecule has 1 aliphatic heterocycles. The highest BCUT2D eigenvalue weighted by Gasteiger charge is 2.19. The van der Waals surface area contributed by atoms with Gasteiger partial charge in [0.15, 0.2) is 0 Å². The zero-order chi connectivity index (χ0) is 13.7. The Kier molecular flexibility index (Phi) is 5.39. The Balaban J connectivity index is 2.05. The van der Waals surface area contributed by atoms with Gasteiger partial charge in [0.1, 0.15) is 22.4 Å². The summed E-state index contributed by atoms with van der Waals surface area (Å²) in [6.07, 6.45) is 3.87. The second kappa shape index (κ2) is 7.05. The van der Waals surface area contributed by atoms with Crippen LogP contribution >= 0.6 is 15.9 Å². The molecule has 2 rings (SSSR count).